The molecule has 23 heavy (non-hydrogen) atoms. The highest BCUT2D eigenvalue weighted by Crippen LogP contribution is 2.53. The lowest BCUT2D eigenvalue weighted by Gasteiger charge is -2.45. The van der Waals surface area contributed by atoms with Gasteiger partial charge in [0.15, 0.2) is 5.60 Å². The Morgan fingerprint density at radius 1 is 1.39 bits per heavy atom. The first kappa shape index (κ1) is 16.8. The average Bonchev–Trinajstić information content (AvgIpc) is 2.51. The summed E-state index contributed by atoms with van der Waals surface area (Å²) in [5, 5.41) is 29.7. The Labute approximate surface area is 136 Å². The summed E-state index contributed by atoms with van der Waals surface area (Å²) in [6.07, 6.45) is 3.51. The Hall–Kier alpha value is -2.56. The van der Waals surface area contributed by atoms with E-state index in [4.69, 9.17) is 5.11 Å². The lowest BCUT2D eigenvalue weighted by molar-refractivity contribution is -0.131. The molecule has 1 aromatic rings. The Kier molecular flexibility index (Phi) is 4.89. The van der Waals surface area contributed by atoms with E-state index in [-0.39, 0.29) is 0 Å². The van der Waals surface area contributed by atoms with E-state index in [1.165, 1.54) is 0 Å². The van der Waals surface area contributed by atoms with Crippen LogP contribution in [0.15, 0.2) is 42.0 Å². The van der Waals surface area contributed by atoms with Crippen LogP contribution in [0.1, 0.15) is 38.2 Å². The zero-order chi connectivity index (χ0) is 16.9. The molecule has 1 unspecified atom stereocenters. The number of aliphatic carboxylic acids is 1. The second kappa shape index (κ2) is 6.69. The molecule has 0 aliphatic heterocycles. The van der Waals surface area contributed by atoms with E-state index in [2.05, 4.69) is 17.9 Å². The number of nitriles is 1. The third-order valence-corrected chi connectivity index (χ3v) is 4.39. The average molecular weight is 309 g/mol. The van der Waals surface area contributed by atoms with Crippen LogP contribution in [0.3, 0.4) is 0 Å². The molecular weight excluding hydrogens is 290 g/mol. The topological polar surface area (TPSA) is 81.3 Å². The minimum absolute atomic E-state index is 0.416. The summed E-state index contributed by atoms with van der Waals surface area (Å²) in [5.74, 6) is 4.52. The quantitative estimate of drug-likeness (QED) is 0.662. The lowest BCUT2D eigenvalue weighted by atomic mass is 9.57. The van der Waals surface area contributed by atoms with Crippen LogP contribution in [0.2, 0.25) is 0 Å². The molecule has 0 bridgehead atoms. The zero-order valence-electron chi connectivity index (χ0n) is 13.0. The van der Waals surface area contributed by atoms with Gasteiger partial charge in [0.25, 0.3) is 0 Å². The molecule has 0 spiro atoms. The van der Waals surface area contributed by atoms with E-state index < -0.39 is 17.0 Å². The number of hydrogen-bond donors (Lipinski definition) is 2. The van der Waals surface area contributed by atoms with Crippen molar-refractivity contribution in [1.82, 2.24) is 0 Å². The van der Waals surface area contributed by atoms with Crippen molar-refractivity contribution in [3.8, 4) is 17.9 Å². The first-order valence-electron chi connectivity index (χ1n) is 7.63. The molecule has 1 saturated carbocycles. The van der Waals surface area contributed by atoms with Crippen molar-refractivity contribution < 1.29 is 15.0 Å². The molecule has 4 nitrogen and oxygen atoms in total. The predicted octanol–water partition coefficient (Wildman–Crippen LogP) is 2.99. The van der Waals surface area contributed by atoms with E-state index in [0.29, 0.717) is 30.4 Å². The Balaban J connectivity index is 2.53. The first-order chi connectivity index (χ1) is 11.0. The Morgan fingerprint density at radius 2 is 2.04 bits per heavy atom. The second-order valence-corrected chi connectivity index (χ2v) is 5.74. The molecule has 0 amide bonds. The summed E-state index contributed by atoms with van der Waals surface area (Å²) < 4.78 is 0. The Morgan fingerprint density at radius 3 is 2.48 bits per heavy atom. The lowest BCUT2D eigenvalue weighted by Crippen LogP contribution is -2.48. The minimum atomic E-state index is -1.60. The standard InChI is InChI=1S/C19H19NO3/c1-2-15(13-17(21)22)9-12-19(23,16-7-4-3-5-8-16)18(14-20)10-6-11-18/h3-5,7-8,13,23H,2,6,10-11H2,1H3,(H,21,22)/b15-13-. The molecule has 1 aliphatic carbocycles. The maximum Gasteiger partial charge on any atom is 0.329 e. The fraction of sp³-hybridized carbons (Fsp3) is 0.368. The van der Waals surface area contributed by atoms with Gasteiger partial charge in [-0.1, -0.05) is 49.1 Å². The highest BCUT2D eigenvalue weighted by molar-refractivity contribution is 5.81. The predicted molar refractivity (Wildman–Crippen MR) is 86.0 cm³/mol. The molecule has 4 heteroatoms. The summed E-state index contributed by atoms with van der Waals surface area (Å²) in [6, 6.07) is 11.2. The van der Waals surface area contributed by atoms with Crippen LogP contribution >= 0.6 is 0 Å². The van der Waals surface area contributed by atoms with E-state index in [1.807, 2.05) is 6.07 Å². The van der Waals surface area contributed by atoms with Crippen molar-refractivity contribution >= 4 is 5.97 Å². The van der Waals surface area contributed by atoms with Gasteiger partial charge >= 0.3 is 5.97 Å². The molecule has 2 N–H and O–H groups in total. The van der Waals surface area contributed by atoms with E-state index in [1.54, 1.807) is 31.2 Å². The van der Waals surface area contributed by atoms with Crippen molar-refractivity contribution in [3.63, 3.8) is 0 Å². The first-order valence-corrected chi connectivity index (χ1v) is 7.63. The van der Waals surface area contributed by atoms with Gasteiger partial charge in [-0.05, 0) is 31.2 Å². The molecule has 0 saturated heterocycles. The molecule has 1 aromatic carbocycles. The number of aliphatic hydroxyl groups is 1. The highest BCUT2D eigenvalue weighted by atomic mass is 16.4. The molecule has 1 fully saturated rings. The number of carbonyl (C=O) groups is 1. The summed E-state index contributed by atoms with van der Waals surface area (Å²) >= 11 is 0. The third kappa shape index (κ3) is 3.13. The van der Waals surface area contributed by atoms with Gasteiger partial charge in [-0.15, -0.1) is 0 Å². The fourth-order valence-corrected chi connectivity index (χ4v) is 2.78. The largest absolute Gasteiger partial charge is 0.478 e. The number of carboxylic acid groups (broad SMARTS) is 1. The number of carboxylic acids is 1. The van der Waals surface area contributed by atoms with Crippen molar-refractivity contribution in [3.05, 3.63) is 47.5 Å². The molecule has 0 radical (unpaired) electrons. The molecule has 118 valence electrons. The number of nitrogens with zero attached hydrogens (tertiary/aromatic N) is 1. The Bertz CT molecular complexity index is 714. The fourth-order valence-electron chi connectivity index (χ4n) is 2.78. The summed E-state index contributed by atoms with van der Waals surface area (Å²) in [7, 11) is 0. The van der Waals surface area contributed by atoms with Gasteiger partial charge in [0, 0.05) is 11.6 Å². The molecule has 0 heterocycles. The van der Waals surface area contributed by atoms with Crippen LogP contribution in [-0.2, 0) is 10.4 Å². The second-order valence-electron chi connectivity index (χ2n) is 5.74. The van der Waals surface area contributed by atoms with Crippen molar-refractivity contribution in [2.24, 2.45) is 5.41 Å². The number of rotatable bonds is 4. The highest BCUT2D eigenvalue weighted by Gasteiger charge is 2.55. The van der Waals surface area contributed by atoms with E-state index >= 15 is 0 Å². The maximum atomic E-state index is 11.3. The normalized spacial score (nSPS) is 18.6. The van der Waals surface area contributed by atoms with Gasteiger partial charge in [-0.3, -0.25) is 0 Å². The number of benzene rings is 1. The van der Waals surface area contributed by atoms with Gasteiger partial charge in [0.05, 0.1) is 6.07 Å². The van der Waals surface area contributed by atoms with Crippen LogP contribution in [0.25, 0.3) is 0 Å². The number of hydrogen-bond acceptors (Lipinski definition) is 3. The monoisotopic (exact) mass is 309 g/mol. The van der Waals surface area contributed by atoms with Crippen LogP contribution < -0.4 is 0 Å². The number of allylic oxidation sites excluding steroid dienone is 1. The third-order valence-electron chi connectivity index (χ3n) is 4.39. The van der Waals surface area contributed by atoms with Gasteiger partial charge in [-0.2, -0.15) is 5.26 Å². The van der Waals surface area contributed by atoms with Crippen LogP contribution in [0.4, 0.5) is 0 Å². The van der Waals surface area contributed by atoms with Gasteiger partial charge in [-0.25, -0.2) is 4.79 Å². The molecule has 0 aromatic heterocycles. The SMILES string of the molecule is CC/C(C#CC(O)(c1ccccc1)C1(C#N)CCC1)=C/C(=O)O. The van der Waals surface area contributed by atoms with E-state index in [9.17, 15) is 15.2 Å². The smallest absolute Gasteiger partial charge is 0.329 e. The van der Waals surface area contributed by atoms with Crippen LogP contribution in [0.5, 0.6) is 0 Å². The molecule has 1 aliphatic rings. The van der Waals surface area contributed by atoms with Crippen molar-refractivity contribution in [2.45, 2.75) is 38.2 Å². The molecular formula is C19H19NO3. The van der Waals surface area contributed by atoms with Crippen molar-refractivity contribution in [2.75, 3.05) is 0 Å². The summed E-state index contributed by atoms with van der Waals surface area (Å²) in [4.78, 5) is 10.8. The molecule has 1 atom stereocenters. The summed E-state index contributed by atoms with van der Waals surface area (Å²) in [5.41, 5.74) is -1.56. The maximum absolute atomic E-state index is 11.3. The van der Waals surface area contributed by atoms with Crippen LogP contribution in [-0.4, -0.2) is 16.2 Å². The van der Waals surface area contributed by atoms with Crippen LogP contribution in [0, 0.1) is 28.6 Å². The zero-order valence-corrected chi connectivity index (χ0v) is 13.0. The van der Waals surface area contributed by atoms with Crippen molar-refractivity contribution in [1.29, 1.82) is 5.26 Å². The summed E-state index contributed by atoms with van der Waals surface area (Å²) in [6.45, 7) is 1.80. The van der Waals surface area contributed by atoms with Gasteiger partial charge < -0.3 is 10.2 Å². The van der Waals surface area contributed by atoms with Gasteiger partial charge in [0.2, 0.25) is 0 Å². The molecule has 2 rings (SSSR count). The van der Waals surface area contributed by atoms with Gasteiger partial charge in [0.1, 0.15) is 5.41 Å². The van der Waals surface area contributed by atoms with E-state index in [0.717, 1.165) is 12.5 Å². The minimum Gasteiger partial charge on any atom is -0.478 e.